The van der Waals surface area contributed by atoms with Gasteiger partial charge in [0.15, 0.2) is 0 Å². The van der Waals surface area contributed by atoms with Gasteiger partial charge in [-0.25, -0.2) is 4.79 Å². The van der Waals surface area contributed by atoms with Gasteiger partial charge in [0.05, 0.1) is 30.9 Å². The number of likely N-dealkylation sites (tertiary alicyclic amines) is 1. The van der Waals surface area contributed by atoms with Crippen LogP contribution in [0.1, 0.15) is 70.8 Å². The maximum absolute atomic E-state index is 12.8. The molecule has 0 aromatic heterocycles. The lowest BCUT2D eigenvalue weighted by atomic mass is 9.82. The number of benzene rings is 1. The lowest BCUT2D eigenvalue weighted by molar-refractivity contribution is -0.0620. The van der Waals surface area contributed by atoms with E-state index in [4.69, 9.17) is 15.2 Å². The first-order valence-electron chi connectivity index (χ1n) is 11.3. The molecule has 3 N–H and O–H groups in total. The smallest absolute Gasteiger partial charge is 0.410 e. The Morgan fingerprint density at radius 2 is 1.87 bits per heavy atom. The van der Waals surface area contributed by atoms with Crippen LogP contribution in [-0.4, -0.2) is 59.1 Å². The van der Waals surface area contributed by atoms with E-state index in [1.165, 1.54) is 5.56 Å². The zero-order valence-electron chi connectivity index (χ0n) is 18.7. The number of piperidine rings is 1. The molecule has 1 aromatic rings. The molecule has 2 unspecified atom stereocenters. The van der Waals surface area contributed by atoms with Gasteiger partial charge in [0, 0.05) is 6.54 Å². The van der Waals surface area contributed by atoms with Crippen molar-refractivity contribution < 1.29 is 19.4 Å². The van der Waals surface area contributed by atoms with Crippen LogP contribution in [0.2, 0.25) is 0 Å². The van der Waals surface area contributed by atoms with Crippen LogP contribution in [0.4, 0.5) is 4.79 Å². The van der Waals surface area contributed by atoms with Crippen LogP contribution in [0.15, 0.2) is 30.3 Å². The number of rotatable bonds is 5. The van der Waals surface area contributed by atoms with E-state index in [2.05, 4.69) is 30.3 Å². The summed E-state index contributed by atoms with van der Waals surface area (Å²) in [5.41, 5.74) is 6.49. The van der Waals surface area contributed by atoms with Crippen molar-refractivity contribution in [3.8, 4) is 0 Å². The maximum Gasteiger partial charge on any atom is 0.410 e. The highest BCUT2D eigenvalue weighted by atomic mass is 16.6. The molecular weight excluding hydrogens is 380 g/mol. The molecule has 2 fully saturated rings. The molecule has 6 nitrogen and oxygen atoms in total. The molecule has 1 aliphatic heterocycles. The van der Waals surface area contributed by atoms with Crippen LogP contribution < -0.4 is 5.73 Å². The Morgan fingerprint density at radius 1 is 1.20 bits per heavy atom. The molecule has 30 heavy (non-hydrogen) atoms. The molecule has 1 aliphatic carbocycles. The molecule has 2 atom stereocenters. The summed E-state index contributed by atoms with van der Waals surface area (Å²) in [6, 6.07) is 10.3. The van der Waals surface area contributed by atoms with E-state index >= 15 is 0 Å². The van der Waals surface area contributed by atoms with Gasteiger partial charge in [-0.3, -0.25) is 0 Å². The Kier molecular flexibility index (Phi) is 7.43. The molecule has 3 rings (SSSR count). The van der Waals surface area contributed by atoms with Crippen molar-refractivity contribution in [2.24, 2.45) is 5.73 Å². The van der Waals surface area contributed by atoms with Crippen molar-refractivity contribution in [1.82, 2.24) is 4.90 Å². The largest absolute Gasteiger partial charge is 0.444 e. The van der Waals surface area contributed by atoms with E-state index in [9.17, 15) is 9.90 Å². The van der Waals surface area contributed by atoms with E-state index in [0.29, 0.717) is 25.5 Å². The summed E-state index contributed by atoms with van der Waals surface area (Å²) in [6.45, 7) is 6.29. The number of hydrogen-bond donors (Lipinski definition) is 2. The third-order valence-corrected chi connectivity index (χ3v) is 6.44. The Labute approximate surface area is 180 Å². The van der Waals surface area contributed by atoms with Gasteiger partial charge < -0.3 is 25.2 Å². The third kappa shape index (κ3) is 5.74. The van der Waals surface area contributed by atoms with Crippen molar-refractivity contribution in [3.05, 3.63) is 35.9 Å². The zero-order chi connectivity index (χ0) is 21.8. The van der Waals surface area contributed by atoms with Crippen LogP contribution in [0.5, 0.6) is 0 Å². The molecule has 1 saturated heterocycles. The second-order valence-corrected chi connectivity index (χ2v) is 9.90. The number of ether oxygens (including phenoxy) is 2. The van der Waals surface area contributed by atoms with Crippen molar-refractivity contribution in [2.75, 3.05) is 19.8 Å². The number of carbonyl (C=O) groups excluding carboxylic acids is 1. The lowest BCUT2D eigenvalue weighted by Gasteiger charge is -2.47. The van der Waals surface area contributed by atoms with Crippen LogP contribution in [0, 0.1) is 0 Å². The number of aliphatic hydroxyl groups is 1. The van der Waals surface area contributed by atoms with Gasteiger partial charge >= 0.3 is 6.09 Å². The standard InChI is InChI=1S/C24H38N2O4/c1-23(2,3)30-22(28)26-15-7-14-24(25,17-27)21(26)16-29-20-12-10-19(11-13-20)18-8-5-4-6-9-18/h4-6,8-9,19-21,27H,7,10-17,25H2,1-3H3. The Hall–Kier alpha value is -1.63. The van der Waals surface area contributed by atoms with Crippen molar-refractivity contribution in [1.29, 1.82) is 0 Å². The van der Waals surface area contributed by atoms with Crippen molar-refractivity contribution >= 4 is 6.09 Å². The van der Waals surface area contributed by atoms with Gasteiger partial charge in [-0.2, -0.15) is 0 Å². The zero-order valence-corrected chi connectivity index (χ0v) is 18.7. The fraction of sp³-hybridized carbons (Fsp3) is 0.708. The van der Waals surface area contributed by atoms with E-state index in [0.717, 1.165) is 32.1 Å². The molecule has 1 heterocycles. The molecule has 1 saturated carbocycles. The number of nitrogens with two attached hydrogens (primary N) is 1. The average Bonchev–Trinajstić information content (AvgIpc) is 2.72. The van der Waals surface area contributed by atoms with E-state index < -0.39 is 17.2 Å². The van der Waals surface area contributed by atoms with Gasteiger partial charge in [-0.15, -0.1) is 0 Å². The predicted octanol–water partition coefficient (Wildman–Crippen LogP) is 3.82. The van der Waals surface area contributed by atoms with Gasteiger partial charge in [0.1, 0.15) is 5.60 Å². The maximum atomic E-state index is 12.8. The first kappa shape index (κ1) is 23.0. The molecule has 1 aromatic carbocycles. The SMILES string of the molecule is CC(C)(C)OC(=O)N1CCCC(N)(CO)C1COC1CCC(c2ccccc2)CC1. The van der Waals surface area contributed by atoms with Gasteiger partial charge in [-0.1, -0.05) is 30.3 Å². The number of hydrogen-bond acceptors (Lipinski definition) is 5. The summed E-state index contributed by atoms with van der Waals surface area (Å²) in [6.07, 6.45) is 5.38. The minimum Gasteiger partial charge on any atom is -0.444 e. The fourth-order valence-electron chi connectivity index (χ4n) is 4.71. The minimum atomic E-state index is -0.865. The summed E-state index contributed by atoms with van der Waals surface area (Å²) < 4.78 is 11.9. The summed E-state index contributed by atoms with van der Waals surface area (Å²) >= 11 is 0. The van der Waals surface area contributed by atoms with Crippen LogP contribution in [-0.2, 0) is 9.47 Å². The highest BCUT2D eigenvalue weighted by Gasteiger charge is 2.45. The van der Waals surface area contributed by atoms with E-state index in [1.807, 2.05) is 20.8 Å². The normalized spacial score (nSPS) is 30.2. The van der Waals surface area contributed by atoms with Crippen LogP contribution in [0.3, 0.4) is 0 Å². The Bertz CT molecular complexity index is 682. The minimum absolute atomic E-state index is 0.162. The van der Waals surface area contributed by atoms with Crippen molar-refractivity contribution in [2.45, 2.75) is 88.5 Å². The molecule has 0 radical (unpaired) electrons. The second-order valence-electron chi connectivity index (χ2n) is 9.90. The molecule has 1 amide bonds. The summed E-state index contributed by atoms with van der Waals surface area (Å²) in [5, 5.41) is 9.99. The number of nitrogens with zero attached hydrogens (tertiary/aromatic N) is 1. The fourth-order valence-corrected chi connectivity index (χ4v) is 4.71. The highest BCUT2D eigenvalue weighted by Crippen LogP contribution is 2.35. The predicted molar refractivity (Wildman–Crippen MR) is 117 cm³/mol. The highest BCUT2D eigenvalue weighted by molar-refractivity contribution is 5.69. The van der Waals surface area contributed by atoms with E-state index in [1.54, 1.807) is 4.90 Å². The second kappa shape index (κ2) is 9.67. The monoisotopic (exact) mass is 418 g/mol. The third-order valence-electron chi connectivity index (χ3n) is 6.44. The number of carbonyl (C=O) groups is 1. The Balaban J connectivity index is 1.59. The van der Waals surface area contributed by atoms with E-state index in [-0.39, 0.29) is 18.8 Å². The molecule has 0 bridgehead atoms. The molecule has 168 valence electrons. The topological polar surface area (TPSA) is 85.0 Å². The first-order chi connectivity index (χ1) is 14.2. The summed E-state index contributed by atoms with van der Waals surface area (Å²) in [7, 11) is 0. The van der Waals surface area contributed by atoms with Gasteiger partial charge in [-0.05, 0) is 70.8 Å². The summed E-state index contributed by atoms with van der Waals surface area (Å²) in [4.78, 5) is 14.5. The molecule has 2 aliphatic rings. The number of aliphatic hydroxyl groups excluding tert-OH is 1. The molecular formula is C24H38N2O4. The number of amides is 1. The summed E-state index contributed by atoms with van der Waals surface area (Å²) in [5.74, 6) is 0.588. The van der Waals surface area contributed by atoms with Crippen molar-refractivity contribution in [3.63, 3.8) is 0 Å². The average molecular weight is 419 g/mol. The Morgan fingerprint density at radius 3 is 2.47 bits per heavy atom. The van der Waals surface area contributed by atoms with Gasteiger partial charge in [0.25, 0.3) is 0 Å². The van der Waals surface area contributed by atoms with Crippen LogP contribution >= 0.6 is 0 Å². The lowest BCUT2D eigenvalue weighted by Crippen LogP contribution is -2.67. The van der Waals surface area contributed by atoms with Gasteiger partial charge in [0.2, 0.25) is 0 Å². The van der Waals surface area contributed by atoms with Crippen LogP contribution in [0.25, 0.3) is 0 Å². The molecule has 0 spiro atoms. The molecule has 6 heteroatoms. The quantitative estimate of drug-likeness (QED) is 0.759. The first-order valence-corrected chi connectivity index (χ1v) is 11.3.